The van der Waals surface area contributed by atoms with Crippen LogP contribution >= 0.6 is 0 Å². The van der Waals surface area contributed by atoms with Crippen LogP contribution in [0, 0.1) is 5.41 Å². The average Bonchev–Trinajstić information content (AvgIpc) is 2.29. The van der Waals surface area contributed by atoms with E-state index in [1.54, 1.807) is 0 Å². The molecule has 0 bridgehead atoms. The van der Waals surface area contributed by atoms with Gasteiger partial charge in [-0.3, -0.25) is 5.41 Å². The summed E-state index contributed by atoms with van der Waals surface area (Å²) in [7, 11) is 0. The van der Waals surface area contributed by atoms with Gasteiger partial charge in [0.25, 0.3) is 0 Å². The number of amidine groups is 1. The van der Waals surface area contributed by atoms with Gasteiger partial charge in [-0.2, -0.15) is 0 Å². The van der Waals surface area contributed by atoms with Crippen molar-refractivity contribution in [2.75, 3.05) is 6.61 Å². The third kappa shape index (κ3) is 5.38. The molecule has 0 saturated carbocycles. The number of hydrogen-bond donors (Lipinski definition) is 2. The average molecular weight is 234 g/mol. The van der Waals surface area contributed by atoms with Gasteiger partial charge in [0.1, 0.15) is 5.75 Å². The molecule has 0 amide bonds. The van der Waals surface area contributed by atoms with Crippen molar-refractivity contribution < 1.29 is 4.74 Å². The largest absolute Gasteiger partial charge is 0.494 e. The van der Waals surface area contributed by atoms with Crippen LogP contribution in [0.1, 0.15) is 44.6 Å². The van der Waals surface area contributed by atoms with E-state index in [1.807, 2.05) is 12.1 Å². The normalized spacial score (nSPS) is 10.5. The summed E-state index contributed by atoms with van der Waals surface area (Å²) in [5.41, 5.74) is 6.60. The number of ether oxygens (including phenoxy) is 1. The topological polar surface area (TPSA) is 59.1 Å². The van der Waals surface area contributed by atoms with Crippen LogP contribution in [0.4, 0.5) is 0 Å². The van der Waals surface area contributed by atoms with Crippen LogP contribution in [-0.4, -0.2) is 12.4 Å². The first-order valence-electron chi connectivity index (χ1n) is 6.15. The lowest BCUT2D eigenvalue weighted by Gasteiger charge is -2.08. The third-order valence-electron chi connectivity index (χ3n) is 2.66. The van der Waals surface area contributed by atoms with Crippen molar-refractivity contribution in [2.45, 2.75) is 39.0 Å². The van der Waals surface area contributed by atoms with Crippen LogP contribution < -0.4 is 10.5 Å². The van der Waals surface area contributed by atoms with Gasteiger partial charge in [-0.15, -0.1) is 0 Å². The molecule has 0 fully saturated rings. The van der Waals surface area contributed by atoms with E-state index in [-0.39, 0.29) is 5.84 Å². The number of benzene rings is 1. The highest BCUT2D eigenvalue weighted by Gasteiger charge is 1.99. The highest BCUT2D eigenvalue weighted by atomic mass is 16.5. The van der Waals surface area contributed by atoms with Gasteiger partial charge in [0.15, 0.2) is 0 Å². The molecule has 1 aromatic carbocycles. The fraction of sp³-hybridized carbons (Fsp3) is 0.500. The summed E-state index contributed by atoms with van der Waals surface area (Å²) in [4.78, 5) is 0. The monoisotopic (exact) mass is 234 g/mol. The van der Waals surface area contributed by atoms with Crippen molar-refractivity contribution in [3.05, 3.63) is 29.8 Å². The first-order chi connectivity index (χ1) is 8.09. The SMILES string of the molecule is CC(C)c1ccc(OCCCCC(=N)N)cc1. The number of hydrogen-bond acceptors (Lipinski definition) is 2. The summed E-state index contributed by atoms with van der Waals surface area (Å²) in [5.74, 6) is 1.73. The highest BCUT2D eigenvalue weighted by Crippen LogP contribution is 2.18. The van der Waals surface area contributed by atoms with Crippen LogP contribution in [0.25, 0.3) is 0 Å². The van der Waals surface area contributed by atoms with Gasteiger partial charge in [-0.05, 0) is 36.5 Å². The fourth-order valence-corrected chi connectivity index (χ4v) is 1.56. The van der Waals surface area contributed by atoms with Crippen molar-refractivity contribution in [1.82, 2.24) is 0 Å². The summed E-state index contributed by atoms with van der Waals surface area (Å²) >= 11 is 0. The quantitative estimate of drug-likeness (QED) is 0.432. The molecule has 17 heavy (non-hydrogen) atoms. The van der Waals surface area contributed by atoms with Gasteiger partial charge in [-0.25, -0.2) is 0 Å². The molecule has 0 atom stereocenters. The Morgan fingerprint density at radius 3 is 2.41 bits per heavy atom. The molecule has 94 valence electrons. The molecule has 0 aliphatic rings. The highest BCUT2D eigenvalue weighted by molar-refractivity contribution is 5.76. The summed E-state index contributed by atoms with van der Waals surface area (Å²) in [6, 6.07) is 8.24. The summed E-state index contributed by atoms with van der Waals surface area (Å²) in [6.07, 6.45) is 2.51. The number of unbranched alkanes of at least 4 members (excludes halogenated alkanes) is 1. The smallest absolute Gasteiger partial charge is 0.119 e. The molecule has 3 nitrogen and oxygen atoms in total. The molecule has 0 heterocycles. The molecule has 1 rings (SSSR count). The van der Waals surface area contributed by atoms with Crippen LogP contribution in [0.15, 0.2) is 24.3 Å². The molecule has 0 saturated heterocycles. The molecule has 3 heteroatoms. The second-order valence-electron chi connectivity index (χ2n) is 4.55. The summed E-state index contributed by atoms with van der Waals surface area (Å²) < 4.78 is 5.61. The van der Waals surface area contributed by atoms with E-state index in [0.29, 0.717) is 18.9 Å². The third-order valence-corrected chi connectivity index (χ3v) is 2.66. The van der Waals surface area contributed by atoms with Gasteiger partial charge in [0.05, 0.1) is 12.4 Å². The lowest BCUT2D eigenvalue weighted by Crippen LogP contribution is -2.09. The van der Waals surface area contributed by atoms with Gasteiger partial charge in [0, 0.05) is 6.42 Å². The second kappa shape index (κ2) is 6.94. The maximum Gasteiger partial charge on any atom is 0.119 e. The number of rotatable bonds is 7. The van der Waals surface area contributed by atoms with Crippen LogP contribution in [-0.2, 0) is 0 Å². The van der Waals surface area contributed by atoms with Crippen molar-refractivity contribution in [2.24, 2.45) is 5.73 Å². The minimum Gasteiger partial charge on any atom is -0.494 e. The van der Waals surface area contributed by atoms with Crippen molar-refractivity contribution >= 4 is 5.84 Å². The molecule has 0 aliphatic carbocycles. The van der Waals surface area contributed by atoms with E-state index in [0.717, 1.165) is 18.6 Å². The lowest BCUT2D eigenvalue weighted by atomic mass is 10.0. The Balaban J connectivity index is 2.25. The van der Waals surface area contributed by atoms with E-state index in [9.17, 15) is 0 Å². The van der Waals surface area contributed by atoms with E-state index < -0.39 is 0 Å². The predicted octanol–water partition coefficient (Wildman–Crippen LogP) is 3.30. The fourth-order valence-electron chi connectivity index (χ4n) is 1.56. The first kappa shape index (κ1) is 13.6. The number of nitrogens with two attached hydrogens (primary N) is 1. The summed E-state index contributed by atoms with van der Waals surface area (Å²) in [5, 5.41) is 7.09. The standard InChI is InChI=1S/C14H22N2O/c1-11(2)12-6-8-13(9-7-12)17-10-4-3-5-14(15)16/h6-9,11H,3-5,10H2,1-2H3,(H3,15,16). The predicted molar refractivity (Wildman–Crippen MR) is 71.8 cm³/mol. The Hall–Kier alpha value is -1.51. The Labute approximate surface area is 103 Å². The van der Waals surface area contributed by atoms with Crippen LogP contribution in [0.2, 0.25) is 0 Å². The molecule has 0 radical (unpaired) electrons. The van der Waals surface area contributed by atoms with Crippen molar-refractivity contribution in [3.63, 3.8) is 0 Å². The Bertz CT molecular complexity index is 344. The number of nitrogens with one attached hydrogen (secondary N) is 1. The zero-order chi connectivity index (χ0) is 12.7. The van der Waals surface area contributed by atoms with Gasteiger partial charge in [0.2, 0.25) is 0 Å². The van der Waals surface area contributed by atoms with Crippen molar-refractivity contribution in [1.29, 1.82) is 5.41 Å². The zero-order valence-electron chi connectivity index (χ0n) is 10.7. The molecular formula is C14H22N2O. The molecule has 0 unspecified atom stereocenters. The molecule has 1 aromatic rings. The van der Waals surface area contributed by atoms with Crippen LogP contribution in [0.3, 0.4) is 0 Å². The minimum absolute atomic E-state index is 0.256. The molecule has 0 aromatic heterocycles. The van der Waals surface area contributed by atoms with E-state index in [1.165, 1.54) is 5.56 Å². The Kier molecular flexibility index (Phi) is 5.53. The van der Waals surface area contributed by atoms with Gasteiger partial charge in [-0.1, -0.05) is 26.0 Å². The maximum absolute atomic E-state index is 7.09. The van der Waals surface area contributed by atoms with Gasteiger partial charge < -0.3 is 10.5 Å². The zero-order valence-corrected chi connectivity index (χ0v) is 10.7. The van der Waals surface area contributed by atoms with E-state index in [4.69, 9.17) is 15.9 Å². The lowest BCUT2D eigenvalue weighted by molar-refractivity contribution is 0.308. The first-order valence-corrected chi connectivity index (χ1v) is 6.15. The Morgan fingerprint density at radius 1 is 1.24 bits per heavy atom. The minimum atomic E-state index is 0.256. The summed E-state index contributed by atoms with van der Waals surface area (Å²) in [6.45, 7) is 5.05. The second-order valence-corrected chi connectivity index (χ2v) is 4.55. The van der Waals surface area contributed by atoms with Crippen LogP contribution in [0.5, 0.6) is 5.75 Å². The molecule has 3 N–H and O–H groups in total. The molecular weight excluding hydrogens is 212 g/mol. The van der Waals surface area contributed by atoms with E-state index in [2.05, 4.69) is 26.0 Å². The maximum atomic E-state index is 7.09. The molecule has 0 aliphatic heterocycles. The molecule has 0 spiro atoms. The van der Waals surface area contributed by atoms with E-state index >= 15 is 0 Å². The van der Waals surface area contributed by atoms with Gasteiger partial charge >= 0.3 is 0 Å². The Morgan fingerprint density at radius 2 is 1.88 bits per heavy atom. The van der Waals surface area contributed by atoms with Crippen molar-refractivity contribution in [3.8, 4) is 5.75 Å².